The molecule has 0 spiro atoms. The molecule has 3 nitrogen and oxygen atoms in total. The van der Waals surface area contributed by atoms with E-state index in [9.17, 15) is 9.59 Å². The number of hydrogen-bond donors (Lipinski definition) is 1. The molecule has 1 atom stereocenters. The van der Waals surface area contributed by atoms with Gasteiger partial charge in [0.15, 0.2) is 5.78 Å². The van der Waals surface area contributed by atoms with Gasteiger partial charge in [-0.1, -0.05) is 31.2 Å². The Morgan fingerprint density at radius 3 is 2.20 bits per heavy atom. The zero-order valence-electron chi connectivity index (χ0n) is 8.86. The lowest BCUT2D eigenvalue weighted by Crippen LogP contribution is -2.12. The molecule has 1 unspecified atom stereocenters. The number of hydrogen-bond acceptors (Lipinski definition) is 2. The van der Waals surface area contributed by atoms with Gasteiger partial charge in [0, 0.05) is 5.56 Å². The maximum Gasteiger partial charge on any atom is 0.306 e. The molecule has 0 aliphatic carbocycles. The summed E-state index contributed by atoms with van der Waals surface area (Å²) >= 11 is 0. The summed E-state index contributed by atoms with van der Waals surface area (Å²) in [7, 11) is 0. The minimum Gasteiger partial charge on any atom is -0.481 e. The fraction of sp³-hybridized carbons (Fsp3) is 0.333. The Labute approximate surface area is 88.7 Å². The predicted molar refractivity (Wildman–Crippen MR) is 57.0 cm³/mol. The standard InChI is InChI=1S/C12H14O3/c1-8(12(14)15)7-10-3-5-11(6-4-10)9(2)13/h3-6,8H,7H2,1-2H3,(H,14,15). The van der Waals surface area contributed by atoms with Crippen LogP contribution in [0, 0.1) is 5.92 Å². The molecule has 0 radical (unpaired) electrons. The maximum absolute atomic E-state index is 11.0. The van der Waals surface area contributed by atoms with Crippen molar-refractivity contribution in [3.8, 4) is 0 Å². The van der Waals surface area contributed by atoms with Crippen molar-refractivity contribution in [3.63, 3.8) is 0 Å². The van der Waals surface area contributed by atoms with Crippen LogP contribution in [0.3, 0.4) is 0 Å². The van der Waals surface area contributed by atoms with Crippen LogP contribution in [0.4, 0.5) is 0 Å². The lowest BCUT2D eigenvalue weighted by Gasteiger charge is -2.06. The summed E-state index contributed by atoms with van der Waals surface area (Å²) in [4.78, 5) is 21.6. The quantitative estimate of drug-likeness (QED) is 0.768. The molecule has 80 valence electrons. The molecule has 3 heteroatoms. The average Bonchev–Trinajstić information content (AvgIpc) is 2.18. The number of carbonyl (C=O) groups excluding carboxylic acids is 1. The highest BCUT2D eigenvalue weighted by molar-refractivity contribution is 5.94. The van der Waals surface area contributed by atoms with Gasteiger partial charge < -0.3 is 5.11 Å². The van der Waals surface area contributed by atoms with Crippen molar-refractivity contribution in [2.45, 2.75) is 20.3 Å². The first-order chi connectivity index (χ1) is 7.00. The van der Waals surface area contributed by atoms with E-state index in [1.165, 1.54) is 6.92 Å². The predicted octanol–water partition coefficient (Wildman–Crippen LogP) is 2.15. The molecule has 15 heavy (non-hydrogen) atoms. The van der Waals surface area contributed by atoms with Crippen LogP contribution >= 0.6 is 0 Å². The number of carbonyl (C=O) groups is 2. The summed E-state index contributed by atoms with van der Waals surface area (Å²) in [5.41, 5.74) is 1.59. The summed E-state index contributed by atoms with van der Waals surface area (Å²) in [6, 6.07) is 7.06. The van der Waals surface area contributed by atoms with E-state index in [0.717, 1.165) is 5.56 Å². The van der Waals surface area contributed by atoms with Gasteiger partial charge in [0.1, 0.15) is 0 Å². The first kappa shape index (κ1) is 11.4. The van der Waals surface area contributed by atoms with Gasteiger partial charge in [-0.05, 0) is 18.9 Å². The first-order valence-corrected chi connectivity index (χ1v) is 4.83. The van der Waals surface area contributed by atoms with Gasteiger partial charge in [-0.25, -0.2) is 0 Å². The molecule has 0 aliphatic rings. The second kappa shape index (κ2) is 4.73. The average molecular weight is 206 g/mol. The Hall–Kier alpha value is -1.64. The van der Waals surface area contributed by atoms with Crippen LogP contribution in [0.25, 0.3) is 0 Å². The number of ketones is 1. The molecular weight excluding hydrogens is 192 g/mol. The monoisotopic (exact) mass is 206 g/mol. The van der Waals surface area contributed by atoms with Gasteiger partial charge >= 0.3 is 5.97 Å². The van der Waals surface area contributed by atoms with Gasteiger partial charge in [-0.15, -0.1) is 0 Å². The summed E-state index contributed by atoms with van der Waals surface area (Å²) < 4.78 is 0. The Balaban J connectivity index is 2.72. The normalized spacial score (nSPS) is 12.1. The number of rotatable bonds is 4. The molecule has 0 aromatic heterocycles. The molecule has 0 saturated carbocycles. The van der Waals surface area contributed by atoms with Crippen molar-refractivity contribution in [1.29, 1.82) is 0 Å². The molecule has 0 bridgehead atoms. The molecule has 1 aromatic carbocycles. The van der Waals surface area contributed by atoms with Crippen LogP contribution in [0.15, 0.2) is 24.3 Å². The van der Waals surface area contributed by atoms with Crippen molar-refractivity contribution in [2.24, 2.45) is 5.92 Å². The van der Waals surface area contributed by atoms with Crippen molar-refractivity contribution in [3.05, 3.63) is 35.4 Å². The number of carboxylic acids is 1. The van der Waals surface area contributed by atoms with Crippen molar-refractivity contribution < 1.29 is 14.7 Å². The van der Waals surface area contributed by atoms with Crippen LogP contribution in [0.5, 0.6) is 0 Å². The smallest absolute Gasteiger partial charge is 0.306 e. The van der Waals surface area contributed by atoms with E-state index >= 15 is 0 Å². The number of aliphatic carboxylic acids is 1. The zero-order chi connectivity index (χ0) is 11.4. The minimum atomic E-state index is -0.800. The summed E-state index contributed by atoms with van der Waals surface area (Å²) in [5, 5.41) is 8.73. The highest BCUT2D eigenvalue weighted by atomic mass is 16.4. The fourth-order valence-electron chi connectivity index (χ4n) is 1.32. The molecule has 0 saturated heterocycles. The fourth-order valence-corrected chi connectivity index (χ4v) is 1.32. The lowest BCUT2D eigenvalue weighted by molar-refractivity contribution is -0.141. The topological polar surface area (TPSA) is 54.4 Å². The Kier molecular flexibility index (Phi) is 3.61. The third kappa shape index (κ3) is 3.20. The van der Waals surface area contributed by atoms with Gasteiger partial charge in [0.2, 0.25) is 0 Å². The third-order valence-corrected chi connectivity index (χ3v) is 2.32. The van der Waals surface area contributed by atoms with Gasteiger partial charge in [-0.3, -0.25) is 9.59 Å². The number of benzene rings is 1. The van der Waals surface area contributed by atoms with Gasteiger partial charge in [0.05, 0.1) is 5.92 Å². The molecule has 0 aliphatic heterocycles. The second-order valence-electron chi connectivity index (χ2n) is 3.70. The summed E-state index contributed by atoms with van der Waals surface area (Å²) in [6.45, 7) is 3.18. The maximum atomic E-state index is 11.0. The van der Waals surface area contributed by atoms with E-state index in [1.54, 1.807) is 31.2 Å². The minimum absolute atomic E-state index is 0.0211. The first-order valence-electron chi connectivity index (χ1n) is 4.83. The van der Waals surface area contributed by atoms with E-state index < -0.39 is 11.9 Å². The second-order valence-corrected chi connectivity index (χ2v) is 3.70. The SMILES string of the molecule is CC(=O)c1ccc(CC(C)C(=O)O)cc1. The van der Waals surface area contributed by atoms with E-state index in [0.29, 0.717) is 12.0 Å². The number of carboxylic acid groups (broad SMARTS) is 1. The molecular formula is C12H14O3. The highest BCUT2D eigenvalue weighted by Crippen LogP contribution is 2.10. The number of Topliss-reactive ketones (excluding diaryl/α,β-unsaturated/α-hetero) is 1. The lowest BCUT2D eigenvalue weighted by atomic mass is 10.00. The molecule has 1 rings (SSSR count). The van der Waals surface area contributed by atoms with Crippen LogP contribution < -0.4 is 0 Å². The van der Waals surface area contributed by atoms with E-state index in [1.807, 2.05) is 0 Å². The third-order valence-electron chi connectivity index (χ3n) is 2.32. The van der Waals surface area contributed by atoms with Crippen LogP contribution in [-0.2, 0) is 11.2 Å². The summed E-state index contributed by atoms with van der Waals surface area (Å²) in [6.07, 6.45) is 0.494. The van der Waals surface area contributed by atoms with Crippen LogP contribution in [-0.4, -0.2) is 16.9 Å². The van der Waals surface area contributed by atoms with Crippen LogP contribution in [0.1, 0.15) is 29.8 Å². The van der Waals surface area contributed by atoms with Crippen LogP contribution in [0.2, 0.25) is 0 Å². The van der Waals surface area contributed by atoms with Crippen molar-refractivity contribution in [2.75, 3.05) is 0 Å². The molecule has 1 aromatic rings. The van der Waals surface area contributed by atoms with E-state index in [2.05, 4.69) is 0 Å². The van der Waals surface area contributed by atoms with Gasteiger partial charge in [-0.2, -0.15) is 0 Å². The molecule has 0 amide bonds. The Bertz CT molecular complexity index is 365. The van der Waals surface area contributed by atoms with Gasteiger partial charge in [0.25, 0.3) is 0 Å². The largest absolute Gasteiger partial charge is 0.481 e. The molecule has 0 fully saturated rings. The van der Waals surface area contributed by atoms with Crippen molar-refractivity contribution >= 4 is 11.8 Å². The van der Waals surface area contributed by atoms with E-state index in [-0.39, 0.29) is 5.78 Å². The Morgan fingerprint density at radius 2 is 1.80 bits per heavy atom. The van der Waals surface area contributed by atoms with E-state index in [4.69, 9.17) is 5.11 Å². The molecule has 0 heterocycles. The molecule has 1 N–H and O–H groups in total. The Morgan fingerprint density at radius 1 is 1.27 bits per heavy atom. The zero-order valence-corrected chi connectivity index (χ0v) is 8.86. The van der Waals surface area contributed by atoms with Crippen molar-refractivity contribution in [1.82, 2.24) is 0 Å². The summed E-state index contributed by atoms with van der Waals surface area (Å²) in [5.74, 6) is -1.17. The highest BCUT2D eigenvalue weighted by Gasteiger charge is 2.11.